The van der Waals surface area contributed by atoms with E-state index in [1.807, 2.05) is 0 Å². The Morgan fingerprint density at radius 2 is 0.600 bits per heavy atom. The molecular weight excluding hydrogens is 120 g/mol. The van der Waals surface area contributed by atoms with E-state index in [0.717, 1.165) is 10.8 Å². The quantitative estimate of drug-likeness (QED) is 0.480. The van der Waals surface area contributed by atoms with Crippen LogP contribution in [-0.4, -0.2) is 0 Å². The molecule has 0 aliphatic heterocycles. The van der Waals surface area contributed by atoms with Crippen molar-refractivity contribution in [2.75, 3.05) is 0 Å². The molecule has 0 aromatic heterocycles. The lowest BCUT2D eigenvalue weighted by atomic mass is 9.78. The SMILES string of the molecule is C1CC12CCC1(CC1)CC2. The van der Waals surface area contributed by atoms with Crippen LogP contribution in [0.25, 0.3) is 0 Å². The van der Waals surface area contributed by atoms with E-state index in [2.05, 4.69) is 0 Å². The Balaban J connectivity index is 1.72. The first-order chi connectivity index (χ1) is 4.83. The van der Waals surface area contributed by atoms with Gasteiger partial charge in [-0.25, -0.2) is 0 Å². The Kier molecular flexibility index (Phi) is 0.810. The van der Waals surface area contributed by atoms with Crippen LogP contribution in [0.15, 0.2) is 0 Å². The van der Waals surface area contributed by atoms with Gasteiger partial charge in [0.1, 0.15) is 0 Å². The van der Waals surface area contributed by atoms with Gasteiger partial charge in [0.2, 0.25) is 0 Å². The predicted octanol–water partition coefficient (Wildman–Crippen LogP) is 3.12. The van der Waals surface area contributed by atoms with Crippen LogP contribution in [0.3, 0.4) is 0 Å². The minimum Gasteiger partial charge on any atom is -0.0471 e. The molecule has 56 valence electrons. The van der Waals surface area contributed by atoms with Crippen LogP contribution in [0.2, 0.25) is 0 Å². The van der Waals surface area contributed by atoms with Crippen molar-refractivity contribution >= 4 is 0 Å². The lowest BCUT2D eigenvalue weighted by Gasteiger charge is -2.27. The first-order valence-electron chi connectivity index (χ1n) is 4.83. The van der Waals surface area contributed by atoms with Crippen molar-refractivity contribution < 1.29 is 0 Å². The van der Waals surface area contributed by atoms with Crippen molar-refractivity contribution in [3.8, 4) is 0 Å². The maximum absolute atomic E-state index is 1.59. The molecule has 0 heterocycles. The van der Waals surface area contributed by atoms with Crippen LogP contribution in [0.1, 0.15) is 51.4 Å². The smallest absolute Gasteiger partial charge is 0.0297 e. The van der Waals surface area contributed by atoms with Crippen LogP contribution in [0.4, 0.5) is 0 Å². The van der Waals surface area contributed by atoms with Crippen LogP contribution in [-0.2, 0) is 0 Å². The topological polar surface area (TPSA) is 0 Å². The second-order valence-electron chi connectivity index (χ2n) is 5.00. The van der Waals surface area contributed by atoms with Crippen molar-refractivity contribution in [1.82, 2.24) is 0 Å². The largest absolute Gasteiger partial charge is 0.0471 e. The summed E-state index contributed by atoms with van der Waals surface area (Å²) >= 11 is 0. The van der Waals surface area contributed by atoms with Gasteiger partial charge in [0.05, 0.1) is 0 Å². The van der Waals surface area contributed by atoms with E-state index in [9.17, 15) is 0 Å². The molecular formula is C10H16. The summed E-state index contributed by atoms with van der Waals surface area (Å²) in [4.78, 5) is 0. The Labute approximate surface area is 63.0 Å². The molecule has 10 heavy (non-hydrogen) atoms. The molecule has 0 aromatic carbocycles. The third-order valence-electron chi connectivity index (χ3n) is 4.29. The number of rotatable bonds is 0. The van der Waals surface area contributed by atoms with Gasteiger partial charge < -0.3 is 0 Å². The summed E-state index contributed by atoms with van der Waals surface area (Å²) in [5, 5.41) is 0. The molecule has 3 fully saturated rings. The molecule has 0 atom stereocenters. The highest BCUT2D eigenvalue weighted by Crippen LogP contribution is 2.66. The second kappa shape index (κ2) is 1.44. The average Bonchev–Trinajstić information content (AvgIpc) is 2.75. The van der Waals surface area contributed by atoms with Crippen LogP contribution in [0.5, 0.6) is 0 Å². The molecule has 2 spiro atoms. The van der Waals surface area contributed by atoms with Crippen LogP contribution in [0, 0.1) is 10.8 Å². The van der Waals surface area contributed by atoms with E-state index in [1.54, 1.807) is 51.4 Å². The average molecular weight is 136 g/mol. The maximum atomic E-state index is 1.59. The lowest BCUT2D eigenvalue weighted by Crippen LogP contribution is -2.15. The first-order valence-corrected chi connectivity index (χ1v) is 4.83. The second-order valence-corrected chi connectivity index (χ2v) is 5.00. The van der Waals surface area contributed by atoms with Gasteiger partial charge in [0.25, 0.3) is 0 Å². The third kappa shape index (κ3) is 0.681. The minimum atomic E-state index is 0.924. The molecule has 0 N–H and O–H groups in total. The summed E-state index contributed by atoms with van der Waals surface area (Å²) < 4.78 is 0. The van der Waals surface area contributed by atoms with E-state index in [0.29, 0.717) is 0 Å². The fourth-order valence-corrected chi connectivity index (χ4v) is 2.66. The summed E-state index contributed by atoms with van der Waals surface area (Å²) in [5.41, 5.74) is 1.85. The summed E-state index contributed by atoms with van der Waals surface area (Å²) in [7, 11) is 0. The van der Waals surface area contributed by atoms with Gasteiger partial charge in [-0.15, -0.1) is 0 Å². The standard InChI is InChI=1S/C10H16/c1-2-10(7-8-10)4-3-9(1)5-6-9/h1-8H2. The Bertz CT molecular complexity index is 129. The number of hydrogen-bond donors (Lipinski definition) is 0. The Hall–Kier alpha value is 0. The molecule has 3 aliphatic rings. The monoisotopic (exact) mass is 136 g/mol. The molecule has 3 rings (SSSR count). The van der Waals surface area contributed by atoms with Crippen molar-refractivity contribution in [3.63, 3.8) is 0 Å². The van der Waals surface area contributed by atoms with Gasteiger partial charge in [-0.2, -0.15) is 0 Å². The minimum absolute atomic E-state index is 0.924. The lowest BCUT2D eigenvalue weighted by molar-refractivity contribution is 0.240. The van der Waals surface area contributed by atoms with Crippen molar-refractivity contribution in [1.29, 1.82) is 0 Å². The van der Waals surface area contributed by atoms with E-state index in [1.165, 1.54) is 0 Å². The van der Waals surface area contributed by atoms with Crippen molar-refractivity contribution in [2.24, 2.45) is 10.8 Å². The maximum Gasteiger partial charge on any atom is -0.0297 e. The highest BCUT2D eigenvalue weighted by Gasteiger charge is 2.53. The molecule has 3 aliphatic carbocycles. The zero-order valence-corrected chi connectivity index (χ0v) is 6.66. The summed E-state index contributed by atoms with van der Waals surface area (Å²) in [6.07, 6.45) is 12.7. The molecule has 0 heteroatoms. The molecule has 0 saturated heterocycles. The van der Waals surface area contributed by atoms with Crippen LogP contribution < -0.4 is 0 Å². The first kappa shape index (κ1) is 5.62. The molecule has 0 aromatic rings. The van der Waals surface area contributed by atoms with Crippen molar-refractivity contribution in [3.05, 3.63) is 0 Å². The molecule has 3 saturated carbocycles. The highest BCUT2D eigenvalue weighted by molar-refractivity contribution is 5.04. The molecule has 0 bridgehead atoms. The molecule has 0 amide bonds. The van der Waals surface area contributed by atoms with Gasteiger partial charge in [0.15, 0.2) is 0 Å². The van der Waals surface area contributed by atoms with Gasteiger partial charge in [-0.1, -0.05) is 0 Å². The van der Waals surface area contributed by atoms with Gasteiger partial charge in [-0.05, 0) is 62.2 Å². The summed E-state index contributed by atoms with van der Waals surface area (Å²) in [6.45, 7) is 0. The molecule has 0 nitrogen and oxygen atoms in total. The summed E-state index contributed by atoms with van der Waals surface area (Å²) in [5.74, 6) is 0. The van der Waals surface area contributed by atoms with Gasteiger partial charge in [0, 0.05) is 0 Å². The predicted molar refractivity (Wildman–Crippen MR) is 41.8 cm³/mol. The van der Waals surface area contributed by atoms with E-state index >= 15 is 0 Å². The van der Waals surface area contributed by atoms with Crippen LogP contribution >= 0.6 is 0 Å². The Morgan fingerprint density at radius 3 is 0.800 bits per heavy atom. The van der Waals surface area contributed by atoms with E-state index < -0.39 is 0 Å². The number of hydrogen-bond acceptors (Lipinski definition) is 0. The van der Waals surface area contributed by atoms with E-state index in [-0.39, 0.29) is 0 Å². The Morgan fingerprint density at radius 1 is 0.400 bits per heavy atom. The van der Waals surface area contributed by atoms with E-state index in [4.69, 9.17) is 0 Å². The fraction of sp³-hybridized carbons (Fsp3) is 1.00. The summed E-state index contributed by atoms with van der Waals surface area (Å²) in [6, 6.07) is 0. The van der Waals surface area contributed by atoms with Crippen molar-refractivity contribution in [2.45, 2.75) is 51.4 Å². The highest BCUT2D eigenvalue weighted by atomic mass is 14.6. The zero-order valence-electron chi connectivity index (χ0n) is 6.66. The zero-order chi connectivity index (χ0) is 6.66. The fourth-order valence-electron chi connectivity index (χ4n) is 2.66. The third-order valence-corrected chi connectivity index (χ3v) is 4.29. The normalized spacial score (nSPS) is 38.4. The molecule has 0 radical (unpaired) electrons. The van der Waals surface area contributed by atoms with Gasteiger partial charge >= 0.3 is 0 Å². The van der Waals surface area contributed by atoms with Gasteiger partial charge in [-0.3, -0.25) is 0 Å². The molecule has 0 unspecified atom stereocenters.